The zero-order valence-corrected chi connectivity index (χ0v) is 21.7. The van der Waals surface area contributed by atoms with Crippen molar-refractivity contribution in [2.75, 3.05) is 0 Å². The van der Waals surface area contributed by atoms with E-state index < -0.39 is 29.3 Å². The first-order valence-electron chi connectivity index (χ1n) is 11.7. The topological polar surface area (TPSA) is 98.7 Å². The number of esters is 1. The van der Waals surface area contributed by atoms with Crippen LogP contribution in [0.4, 0.5) is 4.79 Å². The third-order valence-electron chi connectivity index (χ3n) is 4.96. The van der Waals surface area contributed by atoms with E-state index in [1.54, 1.807) is 41.5 Å². The van der Waals surface area contributed by atoms with Gasteiger partial charge in [0.05, 0.1) is 0 Å². The lowest BCUT2D eigenvalue weighted by Gasteiger charge is -2.25. The van der Waals surface area contributed by atoms with Gasteiger partial charge in [-0.05, 0) is 72.9 Å². The SMILES string of the molecule is C[C@@H](Cc1cn(C)c2ccccc12)NC(=O)C(CCC(=O)OC(C)(C)C)NC(=O)OC(C)(C)C. The quantitative estimate of drug-likeness (QED) is 0.559. The summed E-state index contributed by atoms with van der Waals surface area (Å²) in [4.78, 5) is 37.6. The fraction of sp³-hybridized carbons (Fsp3) is 0.577. The second-order valence-electron chi connectivity index (χ2n) is 10.7. The number of amides is 2. The van der Waals surface area contributed by atoms with Gasteiger partial charge in [-0.15, -0.1) is 0 Å². The van der Waals surface area contributed by atoms with Crippen molar-refractivity contribution in [3.05, 3.63) is 36.0 Å². The number of carbonyl (C=O) groups excluding carboxylic acids is 3. The van der Waals surface area contributed by atoms with Crippen molar-refractivity contribution in [3.8, 4) is 0 Å². The van der Waals surface area contributed by atoms with E-state index >= 15 is 0 Å². The zero-order valence-electron chi connectivity index (χ0n) is 21.7. The second-order valence-corrected chi connectivity index (χ2v) is 10.7. The normalized spacial score (nSPS) is 13.8. The van der Waals surface area contributed by atoms with Crippen LogP contribution in [-0.2, 0) is 32.5 Å². The largest absolute Gasteiger partial charge is 0.460 e. The molecule has 8 nitrogen and oxygen atoms in total. The highest BCUT2D eigenvalue weighted by molar-refractivity contribution is 5.87. The first-order chi connectivity index (χ1) is 15.6. The molecule has 1 aromatic heterocycles. The number of aryl methyl sites for hydroxylation is 1. The molecule has 2 aromatic rings. The molecular weight excluding hydrogens is 434 g/mol. The molecule has 0 aliphatic heterocycles. The van der Waals surface area contributed by atoms with Crippen LogP contribution >= 0.6 is 0 Å². The lowest BCUT2D eigenvalue weighted by atomic mass is 10.0. The Morgan fingerprint density at radius 1 is 0.971 bits per heavy atom. The van der Waals surface area contributed by atoms with Crippen molar-refractivity contribution in [1.29, 1.82) is 0 Å². The number of para-hydroxylation sites is 1. The van der Waals surface area contributed by atoms with E-state index in [2.05, 4.69) is 33.5 Å². The molecule has 2 N–H and O–H groups in total. The number of rotatable bonds is 8. The summed E-state index contributed by atoms with van der Waals surface area (Å²) < 4.78 is 12.7. The third kappa shape index (κ3) is 8.72. The van der Waals surface area contributed by atoms with Gasteiger partial charge in [-0.2, -0.15) is 0 Å². The highest BCUT2D eigenvalue weighted by atomic mass is 16.6. The molecule has 0 fully saturated rings. The van der Waals surface area contributed by atoms with Gasteiger partial charge in [0.15, 0.2) is 0 Å². The van der Waals surface area contributed by atoms with Gasteiger partial charge >= 0.3 is 12.1 Å². The van der Waals surface area contributed by atoms with Crippen molar-refractivity contribution in [3.63, 3.8) is 0 Å². The van der Waals surface area contributed by atoms with E-state index in [0.717, 1.165) is 16.5 Å². The third-order valence-corrected chi connectivity index (χ3v) is 4.96. The van der Waals surface area contributed by atoms with Crippen LogP contribution in [0.2, 0.25) is 0 Å². The number of carbonyl (C=O) groups is 3. The summed E-state index contributed by atoms with van der Waals surface area (Å²) in [6.07, 6.45) is 2.06. The molecule has 0 aliphatic carbocycles. The molecule has 2 amide bonds. The summed E-state index contributed by atoms with van der Waals surface area (Å²) in [7, 11) is 1.99. The average molecular weight is 474 g/mol. The fourth-order valence-electron chi connectivity index (χ4n) is 3.69. The maximum absolute atomic E-state index is 13.1. The first kappa shape index (κ1) is 27.2. The summed E-state index contributed by atoms with van der Waals surface area (Å²) in [5.74, 6) is -0.803. The number of alkyl carbamates (subject to hydrolysis) is 1. The number of nitrogens with zero attached hydrogens (tertiary/aromatic N) is 1. The molecule has 188 valence electrons. The van der Waals surface area contributed by atoms with Crippen molar-refractivity contribution >= 4 is 28.9 Å². The molecule has 0 radical (unpaired) electrons. The molecule has 8 heteroatoms. The Morgan fingerprint density at radius 3 is 2.21 bits per heavy atom. The number of hydrogen-bond acceptors (Lipinski definition) is 5. The summed E-state index contributed by atoms with van der Waals surface area (Å²) in [6, 6.07) is 6.98. The summed E-state index contributed by atoms with van der Waals surface area (Å²) in [6.45, 7) is 12.5. The van der Waals surface area contributed by atoms with Crippen LogP contribution in [0, 0.1) is 0 Å². The fourth-order valence-corrected chi connectivity index (χ4v) is 3.69. The molecule has 0 saturated carbocycles. The molecule has 2 atom stereocenters. The van der Waals surface area contributed by atoms with Crippen LogP contribution < -0.4 is 10.6 Å². The van der Waals surface area contributed by atoms with E-state index in [1.165, 1.54) is 0 Å². The van der Waals surface area contributed by atoms with E-state index in [0.29, 0.717) is 6.42 Å². The summed E-state index contributed by atoms with van der Waals surface area (Å²) in [5, 5.41) is 6.72. The molecular formula is C26H39N3O5. The highest BCUT2D eigenvalue weighted by Gasteiger charge is 2.27. The predicted octanol–water partition coefficient (Wildman–Crippen LogP) is 4.24. The Hall–Kier alpha value is -3.03. The molecule has 0 saturated heterocycles. The van der Waals surface area contributed by atoms with Gasteiger partial charge < -0.3 is 24.7 Å². The molecule has 1 aromatic carbocycles. The van der Waals surface area contributed by atoms with E-state index in [4.69, 9.17) is 9.47 Å². The Morgan fingerprint density at radius 2 is 1.59 bits per heavy atom. The van der Waals surface area contributed by atoms with Gasteiger partial charge in [-0.1, -0.05) is 18.2 Å². The molecule has 34 heavy (non-hydrogen) atoms. The van der Waals surface area contributed by atoms with Crippen LogP contribution in [0.15, 0.2) is 30.5 Å². The molecule has 1 unspecified atom stereocenters. The number of nitrogens with one attached hydrogen (secondary N) is 2. The minimum absolute atomic E-state index is 0.0111. The molecule has 2 rings (SSSR count). The standard InChI is InChI=1S/C26H39N3O5/c1-17(15-18-16-29(8)21-12-10-9-11-19(18)21)27-23(31)20(28-24(32)34-26(5,6)7)13-14-22(30)33-25(2,3)4/h9-12,16-17,20H,13-15H2,1-8H3,(H,27,31)(H,28,32)/t17-,20?/m0/s1. The summed E-state index contributed by atoms with van der Waals surface area (Å²) >= 11 is 0. The maximum Gasteiger partial charge on any atom is 0.408 e. The lowest BCUT2D eigenvalue weighted by molar-refractivity contribution is -0.155. The van der Waals surface area contributed by atoms with Crippen molar-refractivity contribution in [2.24, 2.45) is 7.05 Å². The minimum Gasteiger partial charge on any atom is -0.460 e. The van der Waals surface area contributed by atoms with Gasteiger partial charge in [-0.25, -0.2) is 4.79 Å². The number of benzene rings is 1. The van der Waals surface area contributed by atoms with Crippen LogP contribution in [0.5, 0.6) is 0 Å². The van der Waals surface area contributed by atoms with Crippen LogP contribution in [0.25, 0.3) is 10.9 Å². The Kier molecular flexibility index (Phi) is 8.75. The van der Waals surface area contributed by atoms with Gasteiger partial charge in [-0.3, -0.25) is 9.59 Å². The van der Waals surface area contributed by atoms with Crippen LogP contribution in [0.1, 0.15) is 66.9 Å². The number of ether oxygens (including phenoxy) is 2. The van der Waals surface area contributed by atoms with Crippen molar-refractivity contribution in [2.45, 2.75) is 91.0 Å². The maximum atomic E-state index is 13.1. The second kappa shape index (κ2) is 10.9. The van der Waals surface area contributed by atoms with Gasteiger partial charge in [0.1, 0.15) is 17.2 Å². The van der Waals surface area contributed by atoms with Gasteiger partial charge in [0.25, 0.3) is 0 Å². The van der Waals surface area contributed by atoms with E-state index in [1.807, 2.05) is 26.1 Å². The predicted molar refractivity (Wildman–Crippen MR) is 132 cm³/mol. The Labute approximate surface area is 202 Å². The average Bonchev–Trinajstić information content (AvgIpc) is 2.98. The van der Waals surface area contributed by atoms with E-state index in [-0.39, 0.29) is 24.8 Å². The molecule has 0 aliphatic rings. The minimum atomic E-state index is -0.933. The summed E-state index contributed by atoms with van der Waals surface area (Å²) in [5.41, 5.74) is 0.910. The highest BCUT2D eigenvalue weighted by Crippen LogP contribution is 2.21. The number of fused-ring (bicyclic) bond motifs is 1. The van der Waals surface area contributed by atoms with Crippen LogP contribution in [-0.4, -0.2) is 45.8 Å². The Bertz CT molecular complexity index is 1010. The zero-order chi connectivity index (χ0) is 25.7. The number of aromatic nitrogens is 1. The van der Waals surface area contributed by atoms with E-state index in [9.17, 15) is 14.4 Å². The lowest BCUT2D eigenvalue weighted by Crippen LogP contribution is -2.50. The van der Waals surface area contributed by atoms with Crippen molar-refractivity contribution in [1.82, 2.24) is 15.2 Å². The smallest absolute Gasteiger partial charge is 0.408 e. The van der Waals surface area contributed by atoms with Crippen molar-refractivity contribution < 1.29 is 23.9 Å². The molecule has 0 bridgehead atoms. The molecule has 1 heterocycles. The number of hydrogen-bond donors (Lipinski definition) is 2. The van der Waals surface area contributed by atoms with Gasteiger partial charge in [0.2, 0.25) is 5.91 Å². The van der Waals surface area contributed by atoms with Gasteiger partial charge in [0, 0.05) is 36.6 Å². The van der Waals surface area contributed by atoms with Crippen LogP contribution in [0.3, 0.4) is 0 Å². The monoisotopic (exact) mass is 473 g/mol. The molecule has 0 spiro atoms. The first-order valence-corrected chi connectivity index (χ1v) is 11.7. The Balaban J connectivity index is 2.07.